The Morgan fingerprint density at radius 3 is 2.93 bits per heavy atom. The van der Waals surface area contributed by atoms with E-state index in [2.05, 4.69) is 32.7 Å². The molecule has 0 fully saturated rings. The summed E-state index contributed by atoms with van der Waals surface area (Å²) >= 11 is 0. The van der Waals surface area contributed by atoms with Gasteiger partial charge in [0.05, 0.1) is 17.7 Å². The number of ether oxygens (including phenoxy) is 1. The SMILES string of the molecule is CNC(=O)c1ccc(COc2cccc(C3CNCc4[nH]cnc43)c2)cc1. The van der Waals surface area contributed by atoms with Gasteiger partial charge >= 0.3 is 0 Å². The molecule has 6 heteroatoms. The number of carbonyl (C=O) groups excluding carboxylic acids is 1. The first-order valence-corrected chi connectivity index (χ1v) is 9.01. The molecule has 3 aromatic rings. The number of H-pyrrole nitrogens is 1. The van der Waals surface area contributed by atoms with Crippen molar-refractivity contribution in [2.75, 3.05) is 13.6 Å². The van der Waals surface area contributed by atoms with Crippen molar-refractivity contribution in [3.05, 3.63) is 82.9 Å². The van der Waals surface area contributed by atoms with Gasteiger partial charge in [-0.3, -0.25) is 4.79 Å². The van der Waals surface area contributed by atoms with Crippen LogP contribution in [-0.4, -0.2) is 29.5 Å². The fraction of sp³-hybridized carbons (Fsp3) is 0.238. The maximum absolute atomic E-state index is 11.6. The second-order valence-electron chi connectivity index (χ2n) is 6.59. The normalized spacial score (nSPS) is 15.8. The smallest absolute Gasteiger partial charge is 0.251 e. The zero-order valence-electron chi connectivity index (χ0n) is 15.2. The average molecular weight is 362 g/mol. The molecule has 2 aromatic carbocycles. The molecule has 3 N–H and O–H groups in total. The van der Waals surface area contributed by atoms with Crippen molar-refractivity contribution in [2.24, 2.45) is 0 Å². The lowest BCUT2D eigenvalue weighted by Crippen LogP contribution is -2.28. The van der Waals surface area contributed by atoms with E-state index in [4.69, 9.17) is 4.74 Å². The van der Waals surface area contributed by atoms with Gasteiger partial charge in [-0.1, -0.05) is 24.3 Å². The molecule has 138 valence electrons. The highest BCUT2D eigenvalue weighted by atomic mass is 16.5. The summed E-state index contributed by atoms with van der Waals surface area (Å²) in [7, 11) is 1.63. The Kier molecular flexibility index (Phi) is 4.89. The molecule has 1 amide bonds. The third kappa shape index (κ3) is 3.71. The van der Waals surface area contributed by atoms with E-state index >= 15 is 0 Å². The molecule has 2 heterocycles. The lowest BCUT2D eigenvalue weighted by Gasteiger charge is -2.23. The van der Waals surface area contributed by atoms with Crippen LogP contribution in [0.2, 0.25) is 0 Å². The number of imidazole rings is 1. The quantitative estimate of drug-likeness (QED) is 0.652. The van der Waals surface area contributed by atoms with Gasteiger partial charge in [0.15, 0.2) is 0 Å². The Balaban J connectivity index is 1.45. The number of amides is 1. The summed E-state index contributed by atoms with van der Waals surface area (Å²) in [4.78, 5) is 19.3. The van der Waals surface area contributed by atoms with E-state index in [0.29, 0.717) is 12.2 Å². The van der Waals surface area contributed by atoms with Crippen molar-refractivity contribution in [3.63, 3.8) is 0 Å². The van der Waals surface area contributed by atoms with Gasteiger partial charge < -0.3 is 20.4 Å². The van der Waals surface area contributed by atoms with Crippen molar-refractivity contribution in [2.45, 2.75) is 19.1 Å². The summed E-state index contributed by atoms with van der Waals surface area (Å²) in [5.74, 6) is 0.954. The van der Waals surface area contributed by atoms with Crippen LogP contribution in [0.3, 0.4) is 0 Å². The summed E-state index contributed by atoms with van der Waals surface area (Å²) in [6.45, 7) is 2.14. The van der Waals surface area contributed by atoms with Crippen molar-refractivity contribution < 1.29 is 9.53 Å². The zero-order chi connectivity index (χ0) is 18.6. The highest BCUT2D eigenvalue weighted by molar-refractivity contribution is 5.93. The number of aromatic nitrogens is 2. The lowest BCUT2D eigenvalue weighted by atomic mass is 9.92. The van der Waals surface area contributed by atoms with Crippen LogP contribution in [0.4, 0.5) is 0 Å². The fourth-order valence-electron chi connectivity index (χ4n) is 3.37. The number of hydrogen-bond acceptors (Lipinski definition) is 4. The average Bonchev–Trinajstić information content (AvgIpc) is 3.21. The van der Waals surface area contributed by atoms with Crippen LogP contribution in [0.5, 0.6) is 5.75 Å². The molecule has 6 nitrogen and oxygen atoms in total. The summed E-state index contributed by atoms with van der Waals surface area (Å²) in [5.41, 5.74) is 5.09. The van der Waals surface area contributed by atoms with Gasteiger partial charge in [0.1, 0.15) is 12.4 Å². The van der Waals surface area contributed by atoms with Crippen molar-refractivity contribution >= 4 is 5.91 Å². The van der Waals surface area contributed by atoms with Crippen LogP contribution in [0, 0.1) is 0 Å². The van der Waals surface area contributed by atoms with E-state index in [1.54, 1.807) is 25.5 Å². The first kappa shape index (κ1) is 17.3. The van der Waals surface area contributed by atoms with Crippen LogP contribution in [0.1, 0.15) is 38.8 Å². The number of nitrogens with one attached hydrogen (secondary N) is 3. The molecule has 0 aliphatic carbocycles. The molecule has 27 heavy (non-hydrogen) atoms. The van der Waals surface area contributed by atoms with E-state index in [1.807, 2.05) is 24.3 Å². The van der Waals surface area contributed by atoms with Crippen molar-refractivity contribution in [1.29, 1.82) is 0 Å². The van der Waals surface area contributed by atoms with Gasteiger partial charge in [0.25, 0.3) is 5.91 Å². The molecule has 1 aliphatic heterocycles. The van der Waals surface area contributed by atoms with Gasteiger partial charge in [-0.05, 0) is 35.4 Å². The van der Waals surface area contributed by atoms with Crippen LogP contribution in [0.25, 0.3) is 0 Å². The minimum Gasteiger partial charge on any atom is -0.489 e. The Bertz CT molecular complexity index is 933. The molecule has 1 aliphatic rings. The van der Waals surface area contributed by atoms with E-state index in [0.717, 1.165) is 35.8 Å². The van der Waals surface area contributed by atoms with Crippen molar-refractivity contribution in [3.8, 4) is 5.75 Å². The number of fused-ring (bicyclic) bond motifs is 1. The Morgan fingerprint density at radius 1 is 1.26 bits per heavy atom. The molecular formula is C21H22N4O2. The van der Waals surface area contributed by atoms with E-state index in [-0.39, 0.29) is 11.8 Å². The molecule has 4 rings (SSSR count). The maximum atomic E-state index is 11.6. The second-order valence-corrected chi connectivity index (χ2v) is 6.59. The standard InChI is InChI=1S/C21H22N4O2/c1-22-21(26)15-7-5-14(6-8-15)12-27-17-4-2-3-16(9-17)18-10-23-11-19-20(18)25-13-24-19/h2-9,13,18,23H,10-12H2,1H3,(H,22,26)(H,24,25). The van der Waals surface area contributed by atoms with Crippen LogP contribution >= 0.6 is 0 Å². The monoisotopic (exact) mass is 362 g/mol. The van der Waals surface area contributed by atoms with Crippen LogP contribution in [-0.2, 0) is 13.2 Å². The van der Waals surface area contributed by atoms with E-state index in [1.165, 1.54) is 5.56 Å². The molecular weight excluding hydrogens is 340 g/mol. The molecule has 0 saturated heterocycles. The molecule has 1 atom stereocenters. The number of carbonyl (C=O) groups is 1. The predicted octanol–water partition coefficient (Wildman–Crippen LogP) is 2.58. The summed E-state index contributed by atoms with van der Waals surface area (Å²) in [6.07, 6.45) is 1.76. The molecule has 0 saturated carbocycles. The number of hydrogen-bond donors (Lipinski definition) is 3. The van der Waals surface area contributed by atoms with Gasteiger partial charge in [-0.2, -0.15) is 0 Å². The van der Waals surface area contributed by atoms with E-state index in [9.17, 15) is 4.79 Å². The summed E-state index contributed by atoms with van der Waals surface area (Å²) < 4.78 is 5.97. The van der Waals surface area contributed by atoms with Crippen LogP contribution < -0.4 is 15.4 Å². The number of nitrogens with zero attached hydrogens (tertiary/aromatic N) is 1. The Hall–Kier alpha value is -3.12. The number of benzene rings is 2. The highest BCUT2D eigenvalue weighted by Gasteiger charge is 2.24. The molecule has 1 unspecified atom stereocenters. The first-order valence-electron chi connectivity index (χ1n) is 9.01. The third-order valence-corrected chi connectivity index (χ3v) is 4.84. The topological polar surface area (TPSA) is 79.0 Å². The summed E-state index contributed by atoms with van der Waals surface area (Å²) in [5, 5.41) is 6.05. The van der Waals surface area contributed by atoms with Crippen LogP contribution in [0.15, 0.2) is 54.9 Å². The fourth-order valence-corrected chi connectivity index (χ4v) is 3.37. The predicted molar refractivity (Wildman–Crippen MR) is 103 cm³/mol. The first-order chi connectivity index (χ1) is 13.2. The highest BCUT2D eigenvalue weighted by Crippen LogP contribution is 2.30. The number of rotatable bonds is 5. The molecule has 0 radical (unpaired) electrons. The Labute approximate surface area is 158 Å². The maximum Gasteiger partial charge on any atom is 0.251 e. The van der Waals surface area contributed by atoms with Gasteiger partial charge in [0, 0.05) is 31.6 Å². The van der Waals surface area contributed by atoms with E-state index < -0.39 is 0 Å². The van der Waals surface area contributed by atoms with Gasteiger partial charge in [-0.15, -0.1) is 0 Å². The van der Waals surface area contributed by atoms with Gasteiger partial charge in [-0.25, -0.2) is 4.98 Å². The lowest BCUT2D eigenvalue weighted by molar-refractivity contribution is 0.0963. The largest absolute Gasteiger partial charge is 0.489 e. The van der Waals surface area contributed by atoms with Gasteiger partial charge in [0.2, 0.25) is 0 Å². The number of aromatic amines is 1. The molecule has 1 aromatic heterocycles. The molecule has 0 bridgehead atoms. The minimum absolute atomic E-state index is 0.0889. The van der Waals surface area contributed by atoms with Crippen molar-refractivity contribution in [1.82, 2.24) is 20.6 Å². The summed E-state index contributed by atoms with van der Waals surface area (Å²) in [6, 6.07) is 15.6. The molecule has 0 spiro atoms. The Morgan fingerprint density at radius 2 is 2.11 bits per heavy atom. The third-order valence-electron chi connectivity index (χ3n) is 4.84. The minimum atomic E-state index is -0.0889. The second kappa shape index (κ2) is 7.63. The zero-order valence-corrected chi connectivity index (χ0v) is 15.2.